The number of benzene rings is 2. The highest BCUT2D eigenvalue weighted by atomic mass is 19.1. The van der Waals surface area contributed by atoms with Crippen LogP contribution in [0.15, 0.2) is 53.5 Å². The minimum atomic E-state index is -0.342. The van der Waals surface area contributed by atoms with E-state index in [2.05, 4.69) is 10.4 Å². The number of aromatic nitrogens is 3. The fourth-order valence-corrected chi connectivity index (χ4v) is 4.07. The summed E-state index contributed by atoms with van der Waals surface area (Å²) in [5, 5.41) is 8.26. The number of nitrogens with zero attached hydrogens (tertiary/aromatic N) is 3. The van der Waals surface area contributed by atoms with Crippen molar-refractivity contribution in [2.45, 2.75) is 40.8 Å². The number of nitrogens with one attached hydrogen (secondary N) is 1. The molecule has 0 unspecified atom stereocenters. The number of amides is 1. The molecule has 4 rings (SSSR count). The third-order valence-corrected chi connectivity index (χ3v) is 5.84. The van der Waals surface area contributed by atoms with Crippen LogP contribution in [-0.2, 0) is 17.9 Å². The molecule has 0 bridgehead atoms. The number of aryl methyl sites for hydroxylation is 4. The summed E-state index contributed by atoms with van der Waals surface area (Å²) in [4.78, 5) is 25.8. The lowest BCUT2D eigenvalue weighted by Gasteiger charge is -2.10. The van der Waals surface area contributed by atoms with Gasteiger partial charge in [-0.25, -0.2) is 9.07 Å². The monoisotopic (exact) mass is 432 g/mol. The van der Waals surface area contributed by atoms with E-state index in [1.165, 1.54) is 10.7 Å². The predicted molar refractivity (Wildman–Crippen MR) is 124 cm³/mol. The largest absolute Gasteiger partial charge is 0.343 e. The molecule has 0 aliphatic heterocycles. The second-order valence-corrected chi connectivity index (χ2v) is 8.11. The number of hydrogen-bond acceptors (Lipinski definition) is 3. The van der Waals surface area contributed by atoms with Crippen molar-refractivity contribution in [3.8, 4) is 0 Å². The molecular formula is C25H25FN4O2. The van der Waals surface area contributed by atoms with Crippen molar-refractivity contribution in [3.63, 3.8) is 0 Å². The first-order valence-corrected chi connectivity index (χ1v) is 10.4. The summed E-state index contributed by atoms with van der Waals surface area (Å²) in [6.07, 6.45) is 1.60. The van der Waals surface area contributed by atoms with E-state index in [0.29, 0.717) is 28.6 Å². The molecule has 0 fully saturated rings. The van der Waals surface area contributed by atoms with E-state index in [9.17, 15) is 14.0 Å². The van der Waals surface area contributed by atoms with Gasteiger partial charge in [0.15, 0.2) is 0 Å². The number of hydrogen-bond donors (Lipinski definition) is 1. The molecular weight excluding hydrogens is 407 g/mol. The lowest BCUT2D eigenvalue weighted by atomic mass is 10.1. The lowest BCUT2D eigenvalue weighted by Crippen LogP contribution is -2.29. The molecule has 0 saturated heterocycles. The smallest absolute Gasteiger partial charge is 0.276 e. The topological polar surface area (TPSA) is 68.9 Å². The summed E-state index contributed by atoms with van der Waals surface area (Å²) in [7, 11) is 0. The Hall–Kier alpha value is -3.74. The third-order valence-electron chi connectivity index (χ3n) is 5.84. The molecule has 164 valence electrons. The Morgan fingerprint density at radius 3 is 2.53 bits per heavy atom. The van der Waals surface area contributed by atoms with E-state index in [-0.39, 0.29) is 23.8 Å². The summed E-state index contributed by atoms with van der Waals surface area (Å²) >= 11 is 0. The first kappa shape index (κ1) is 21.5. The Balaban J connectivity index is 1.65. The zero-order chi connectivity index (χ0) is 23.0. The van der Waals surface area contributed by atoms with Gasteiger partial charge in [0.2, 0.25) is 5.91 Å². The van der Waals surface area contributed by atoms with Crippen LogP contribution in [0.2, 0.25) is 0 Å². The van der Waals surface area contributed by atoms with Gasteiger partial charge in [-0.15, -0.1) is 0 Å². The minimum Gasteiger partial charge on any atom is -0.343 e. The molecule has 0 saturated carbocycles. The average Bonchev–Trinajstić information content (AvgIpc) is 2.99. The second kappa shape index (κ2) is 8.42. The SMILES string of the molecule is Cc1ccc(NC(=O)Cn2ncc3c(C)n(Cc4ccccc4F)c(C)c3c2=O)c(C)c1. The molecule has 2 aromatic carbocycles. The maximum absolute atomic E-state index is 14.2. The molecule has 2 heterocycles. The first-order valence-electron chi connectivity index (χ1n) is 10.4. The quantitative estimate of drug-likeness (QED) is 0.512. The van der Waals surface area contributed by atoms with Crippen LogP contribution in [0, 0.1) is 33.5 Å². The molecule has 0 radical (unpaired) electrons. The van der Waals surface area contributed by atoms with Crippen molar-refractivity contribution < 1.29 is 9.18 Å². The number of carbonyl (C=O) groups excluding carboxylic acids is 1. The average molecular weight is 432 g/mol. The highest BCUT2D eigenvalue weighted by Crippen LogP contribution is 2.24. The summed E-state index contributed by atoms with van der Waals surface area (Å²) in [6, 6.07) is 12.3. The van der Waals surface area contributed by atoms with Crippen LogP contribution < -0.4 is 10.9 Å². The number of anilines is 1. The van der Waals surface area contributed by atoms with E-state index >= 15 is 0 Å². The molecule has 6 nitrogen and oxygen atoms in total. The van der Waals surface area contributed by atoms with Gasteiger partial charge in [0.25, 0.3) is 5.56 Å². The van der Waals surface area contributed by atoms with E-state index in [1.54, 1.807) is 24.4 Å². The molecule has 4 aromatic rings. The zero-order valence-corrected chi connectivity index (χ0v) is 18.6. The molecule has 1 N–H and O–H groups in total. The Morgan fingerprint density at radius 1 is 1.06 bits per heavy atom. The van der Waals surface area contributed by atoms with Crippen LogP contribution in [-0.4, -0.2) is 20.3 Å². The number of rotatable bonds is 5. The highest BCUT2D eigenvalue weighted by molar-refractivity contribution is 5.92. The fraction of sp³-hybridized carbons (Fsp3) is 0.240. The van der Waals surface area contributed by atoms with Crippen LogP contribution in [0.4, 0.5) is 10.1 Å². The van der Waals surface area contributed by atoms with E-state index in [1.807, 2.05) is 50.5 Å². The number of fused-ring (bicyclic) bond motifs is 1. The Morgan fingerprint density at radius 2 is 1.81 bits per heavy atom. The van der Waals surface area contributed by atoms with Gasteiger partial charge in [-0.3, -0.25) is 9.59 Å². The van der Waals surface area contributed by atoms with Crippen LogP contribution >= 0.6 is 0 Å². The summed E-state index contributed by atoms with van der Waals surface area (Å²) in [5.74, 6) is -0.617. The normalized spacial score (nSPS) is 11.2. The Labute approximate surface area is 185 Å². The van der Waals surface area contributed by atoms with Crippen LogP contribution in [0.1, 0.15) is 28.1 Å². The third kappa shape index (κ3) is 3.93. The van der Waals surface area contributed by atoms with Gasteiger partial charge in [0.1, 0.15) is 12.4 Å². The van der Waals surface area contributed by atoms with E-state index in [0.717, 1.165) is 22.5 Å². The molecule has 7 heteroatoms. The standard InChI is InChI=1S/C25H25FN4O2/c1-15-9-10-22(16(2)11-15)28-23(31)14-30-25(32)24-18(4)29(17(3)20(24)12-27-30)13-19-7-5-6-8-21(19)26/h5-12H,13-14H2,1-4H3,(H,28,31). The number of carbonyl (C=O) groups is 1. The van der Waals surface area contributed by atoms with Crippen molar-refractivity contribution in [2.24, 2.45) is 0 Å². The van der Waals surface area contributed by atoms with Crippen molar-refractivity contribution in [1.29, 1.82) is 0 Å². The van der Waals surface area contributed by atoms with Gasteiger partial charge >= 0.3 is 0 Å². The van der Waals surface area contributed by atoms with Crippen molar-refractivity contribution in [2.75, 3.05) is 5.32 Å². The maximum atomic E-state index is 14.2. The van der Waals surface area contributed by atoms with Crippen molar-refractivity contribution >= 4 is 22.4 Å². The second-order valence-electron chi connectivity index (χ2n) is 8.11. The predicted octanol–water partition coefficient (Wildman–Crippen LogP) is 4.26. The van der Waals surface area contributed by atoms with Gasteiger partial charge in [0, 0.05) is 28.0 Å². The molecule has 0 aliphatic carbocycles. The van der Waals surface area contributed by atoms with Crippen LogP contribution in [0.25, 0.3) is 10.8 Å². The van der Waals surface area contributed by atoms with Gasteiger partial charge in [-0.1, -0.05) is 35.9 Å². The minimum absolute atomic E-state index is 0.195. The summed E-state index contributed by atoms with van der Waals surface area (Å²) in [5.41, 5.74) is 4.51. The van der Waals surface area contributed by atoms with Crippen molar-refractivity contribution in [1.82, 2.24) is 14.3 Å². The zero-order valence-electron chi connectivity index (χ0n) is 18.6. The first-order chi connectivity index (χ1) is 15.3. The maximum Gasteiger partial charge on any atom is 0.276 e. The Bertz CT molecular complexity index is 1400. The number of halogens is 1. The van der Waals surface area contributed by atoms with E-state index in [4.69, 9.17) is 0 Å². The van der Waals surface area contributed by atoms with Gasteiger partial charge in [0.05, 0.1) is 18.1 Å². The fourth-order valence-electron chi connectivity index (χ4n) is 4.07. The van der Waals surface area contributed by atoms with E-state index < -0.39 is 0 Å². The molecule has 32 heavy (non-hydrogen) atoms. The molecule has 0 atom stereocenters. The lowest BCUT2D eigenvalue weighted by molar-refractivity contribution is -0.117. The van der Waals surface area contributed by atoms with Crippen LogP contribution in [0.5, 0.6) is 0 Å². The van der Waals surface area contributed by atoms with Crippen LogP contribution in [0.3, 0.4) is 0 Å². The van der Waals surface area contributed by atoms with Gasteiger partial charge in [-0.05, 0) is 45.4 Å². The molecule has 2 aromatic heterocycles. The summed E-state index contributed by atoms with van der Waals surface area (Å²) in [6.45, 7) is 7.74. The Kier molecular flexibility index (Phi) is 5.65. The van der Waals surface area contributed by atoms with Gasteiger partial charge in [-0.2, -0.15) is 5.10 Å². The van der Waals surface area contributed by atoms with Crippen molar-refractivity contribution in [3.05, 3.63) is 92.9 Å². The molecule has 0 spiro atoms. The van der Waals surface area contributed by atoms with Gasteiger partial charge < -0.3 is 9.88 Å². The highest BCUT2D eigenvalue weighted by Gasteiger charge is 2.18. The molecule has 1 amide bonds. The summed E-state index contributed by atoms with van der Waals surface area (Å²) < 4.78 is 17.3. The molecule has 0 aliphatic rings.